The normalized spacial score (nSPS) is 13.2. The van der Waals surface area contributed by atoms with Crippen molar-refractivity contribution < 1.29 is 40.7 Å². The Kier molecular flexibility index (Phi) is 6.60. The molecule has 13 heteroatoms. The minimum atomic E-state index is -5.35. The molecule has 7 nitrogen and oxygen atoms in total. The molecule has 2 heterocycles. The van der Waals surface area contributed by atoms with Crippen LogP contribution in [-0.2, 0) is 35.1 Å². The maximum Gasteiger partial charge on any atom is 0.491 e. The number of nitrogens with two attached hydrogens (primary N) is 1. The maximum absolute atomic E-state index is 12.9. The summed E-state index contributed by atoms with van der Waals surface area (Å²) in [5.41, 5.74) is 6.99. The first kappa shape index (κ1) is 25.4. The number of alkyl halides is 6. The van der Waals surface area contributed by atoms with Gasteiger partial charge in [0, 0.05) is 29.4 Å². The van der Waals surface area contributed by atoms with Gasteiger partial charge in [0.2, 0.25) is 0 Å². The molecule has 0 saturated heterocycles. The molecule has 0 saturated carbocycles. The molecule has 0 radical (unpaired) electrons. The monoisotopic (exact) mass is 512 g/mol. The van der Waals surface area contributed by atoms with E-state index in [1.54, 1.807) is 6.07 Å². The second kappa shape index (κ2) is 9.37. The Morgan fingerprint density at radius 3 is 2.36 bits per heavy atom. The van der Waals surface area contributed by atoms with Crippen LogP contribution in [0.3, 0.4) is 0 Å². The largest absolute Gasteiger partial charge is 0.491 e. The van der Waals surface area contributed by atoms with E-state index in [0.717, 1.165) is 22.4 Å². The van der Waals surface area contributed by atoms with Crippen LogP contribution >= 0.6 is 0 Å². The predicted octanol–water partition coefficient (Wildman–Crippen LogP) is 4.32. The minimum Gasteiger partial charge on any atom is -0.381 e. The Hall–Kier alpha value is -3.74. The number of carbonyl (C=O) groups is 2. The smallest absolute Gasteiger partial charge is 0.381 e. The number of esters is 2. The molecule has 1 aliphatic rings. The predicted molar refractivity (Wildman–Crippen MR) is 113 cm³/mol. The van der Waals surface area contributed by atoms with Crippen molar-refractivity contribution in [1.29, 1.82) is 0 Å². The SMILES string of the molecule is NCCCn1nc2c(c1C(=O)OC(=O)C(F)(F)F)CCc1cnc(-c3ccc(C(F)(F)F)cc3)cc1-2. The molecular formula is C23H18F6N4O3. The molecule has 1 aliphatic carbocycles. The highest BCUT2D eigenvalue weighted by molar-refractivity contribution is 5.99. The Morgan fingerprint density at radius 2 is 1.75 bits per heavy atom. The number of ether oxygens (including phenoxy) is 1. The van der Waals surface area contributed by atoms with Gasteiger partial charge in [0.25, 0.3) is 0 Å². The van der Waals surface area contributed by atoms with Gasteiger partial charge in [-0.05, 0) is 49.6 Å². The van der Waals surface area contributed by atoms with Crippen molar-refractivity contribution in [2.45, 2.75) is 38.2 Å². The van der Waals surface area contributed by atoms with Crippen LogP contribution in [0.4, 0.5) is 26.3 Å². The van der Waals surface area contributed by atoms with E-state index in [4.69, 9.17) is 5.73 Å². The fourth-order valence-corrected chi connectivity index (χ4v) is 3.92. The Balaban J connectivity index is 1.75. The Bertz CT molecular complexity index is 1310. The van der Waals surface area contributed by atoms with Gasteiger partial charge in [-0.25, -0.2) is 9.59 Å². The summed E-state index contributed by atoms with van der Waals surface area (Å²) in [6.07, 6.45) is -7.39. The van der Waals surface area contributed by atoms with E-state index in [1.807, 2.05) is 0 Å². The highest BCUT2D eigenvalue weighted by Crippen LogP contribution is 2.37. The number of pyridine rings is 1. The molecule has 2 N–H and O–H groups in total. The number of nitrogens with zero attached hydrogens (tertiary/aromatic N) is 3. The van der Waals surface area contributed by atoms with Crippen molar-refractivity contribution >= 4 is 11.9 Å². The quantitative estimate of drug-likeness (QED) is 0.311. The summed E-state index contributed by atoms with van der Waals surface area (Å²) in [7, 11) is 0. The molecule has 0 aliphatic heterocycles. The molecule has 0 atom stereocenters. The second-order valence-corrected chi connectivity index (χ2v) is 8.02. The second-order valence-electron chi connectivity index (χ2n) is 8.02. The molecule has 36 heavy (non-hydrogen) atoms. The minimum absolute atomic E-state index is 0.0837. The number of hydrogen-bond acceptors (Lipinski definition) is 6. The highest BCUT2D eigenvalue weighted by Gasteiger charge is 2.43. The van der Waals surface area contributed by atoms with Crippen LogP contribution in [0.15, 0.2) is 36.5 Å². The lowest BCUT2D eigenvalue weighted by molar-refractivity contribution is -0.193. The molecular weight excluding hydrogens is 494 g/mol. The number of carbonyl (C=O) groups excluding carboxylic acids is 2. The van der Waals surface area contributed by atoms with Crippen molar-refractivity contribution in [3.05, 3.63) is 58.9 Å². The van der Waals surface area contributed by atoms with Gasteiger partial charge in [-0.1, -0.05) is 12.1 Å². The number of rotatable bonds is 5. The van der Waals surface area contributed by atoms with Gasteiger partial charge in [0.05, 0.1) is 17.0 Å². The van der Waals surface area contributed by atoms with E-state index in [2.05, 4.69) is 14.8 Å². The summed E-state index contributed by atoms with van der Waals surface area (Å²) in [5, 5.41) is 4.39. The first-order valence-electron chi connectivity index (χ1n) is 10.7. The van der Waals surface area contributed by atoms with Crippen LogP contribution in [0.1, 0.15) is 33.6 Å². The summed E-state index contributed by atoms with van der Waals surface area (Å²) < 4.78 is 81.9. The van der Waals surface area contributed by atoms with E-state index in [0.29, 0.717) is 35.2 Å². The molecule has 0 bridgehead atoms. The van der Waals surface area contributed by atoms with Crippen LogP contribution in [0.2, 0.25) is 0 Å². The first-order valence-corrected chi connectivity index (χ1v) is 10.7. The summed E-state index contributed by atoms with van der Waals surface area (Å²) in [4.78, 5) is 28.2. The summed E-state index contributed by atoms with van der Waals surface area (Å²) in [5.74, 6) is -4.12. The van der Waals surface area contributed by atoms with Crippen molar-refractivity contribution in [1.82, 2.24) is 14.8 Å². The molecule has 3 aromatic rings. The highest BCUT2D eigenvalue weighted by atomic mass is 19.4. The zero-order valence-corrected chi connectivity index (χ0v) is 18.4. The molecule has 190 valence electrons. The number of benzene rings is 1. The zero-order chi connectivity index (χ0) is 26.3. The standard InChI is InChI=1S/C23H18F6N4O3/c24-22(25,26)14-5-2-12(3-6-14)17-10-16-13(11-31-17)4-7-15-18(16)32-33(9-1-8-30)19(15)20(34)36-21(35)23(27,28)29/h2-3,5-6,10-11H,1,4,7-9,30H2. The van der Waals surface area contributed by atoms with Crippen LogP contribution in [-0.4, -0.2) is 39.4 Å². The van der Waals surface area contributed by atoms with Crippen molar-refractivity contribution in [3.63, 3.8) is 0 Å². The van der Waals surface area contributed by atoms with Gasteiger partial charge < -0.3 is 10.5 Å². The lowest BCUT2D eigenvalue weighted by Crippen LogP contribution is -2.29. The number of halogens is 6. The number of aromatic nitrogens is 3. The van der Waals surface area contributed by atoms with E-state index < -0.39 is 29.9 Å². The van der Waals surface area contributed by atoms with Gasteiger partial charge in [0.15, 0.2) is 5.69 Å². The molecule has 0 fully saturated rings. The Labute approximate surface area is 199 Å². The molecule has 1 aromatic carbocycles. The van der Waals surface area contributed by atoms with Crippen LogP contribution in [0.5, 0.6) is 0 Å². The molecule has 0 unspecified atom stereocenters. The third kappa shape index (κ3) is 4.96. The number of fused-ring (bicyclic) bond motifs is 3. The lowest BCUT2D eigenvalue weighted by Gasteiger charge is -2.17. The topological polar surface area (TPSA) is 100 Å². The number of hydrogen-bond donors (Lipinski definition) is 1. The summed E-state index contributed by atoms with van der Waals surface area (Å²) in [6, 6.07) is 5.98. The Morgan fingerprint density at radius 1 is 1.06 bits per heavy atom. The average Bonchev–Trinajstić information content (AvgIpc) is 3.20. The molecule has 0 amide bonds. The summed E-state index contributed by atoms with van der Waals surface area (Å²) in [6.45, 7) is 0.291. The third-order valence-electron chi connectivity index (χ3n) is 5.63. The van der Waals surface area contributed by atoms with Gasteiger partial charge in [-0.15, -0.1) is 0 Å². The first-order chi connectivity index (χ1) is 16.9. The maximum atomic E-state index is 12.9. The lowest BCUT2D eigenvalue weighted by atomic mass is 9.89. The molecule has 2 aromatic heterocycles. The van der Waals surface area contributed by atoms with Crippen molar-refractivity contribution in [3.8, 4) is 22.5 Å². The molecule has 4 rings (SSSR count). The van der Waals surface area contributed by atoms with Gasteiger partial charge in [-0.3, -0.25) is 9.67 Å². The fourth-order valence-electron chi connectivity index (χ4n) is 3.92. The summed E-state index contributed by atoms with van der Waals surface area (Å²) >= 11 is 0. The van der Waals surface area contributed by atoms with Gasteiger partial charge in [0.1, 0.15) is 0 Å². The van der Waals surface area contributed by atoms with E-state index >= 15 is 0 Å². The van der Waals surface area contributed by atoms with Crippen LogP contribution in [0, 0.1) is 0 Å². The van der Waals surface area contributed by atoms with E-state index in [-0.39, 0.29) is 30.9 Å². The number of aryl methyl sites for hydroxylation is 2. The molecule has 0 spiro atoms. The fraction of sp³-hybridized carbons (Fsp3) is 0.304. The van der Waals surface area contributed by atoms with Gasteiger partial charge in [-0.2, -0.15) is 31.4 Å². The van der Waals surface area contributed by atoms with E-state index in [9.17, 15) is 35.9 Å². The van der Waals surface area contributed by atoms with Crippen molar-refractivity contribution in [2.75, 3.05) is 6.54 Å². The van der Waals surface area contributed by atoms with E-state index in [1.165, 1.54) is 18.3 Å². The van der Waals surface area contributed by atoms with Gasteiger partial charge >= 0.3 is 24.3 Å². The van der Waals surface area contributed by atoms with Crippen molar-refractivity contribution in [2.24, 2.45) is 5.73 Å². The third-order valence-corrected chi connectivity index (χ3v) is 5.63. The zero-order valence-electron chi connectivity index (χ0n) is 18.4. The van der Waals surface area contributed by atoms with Crippen LogP contribution in [0.25, 0.3) is 22.5 Å². The van der Waals surface area contributed by atoms with Crippen LogP contribution < -0.4 is 5.73 Å². The average molecular weight is 512 g/mol.